The predicted molar refractivity (Wildman–Crippen MR) is 84.5 cm³/mol. The molecule has 1 fully saturated rings. The van der Waals surface area contributed by atoms with Gasteiger partial charge in [-0.3, -0.25) is 4.79 Å². The highest BCUT2D eigenvalue weighted by atomic mass is 16.5. The van der Waals surface area contributed by atoms with Crippen LogP contribution in [0.1, 0.15) is 42.5 Å². The fraction of sp³-hybridized carbons (Fsp3) is 0.438. The van der Waals surface area contributed by atoms with Crippen molar-refractivity contribution in [2.24, 2.45) is 0 Å². The number of amides is 1. The Morgan fingerprint density at radius 2 is 2.04 bits per heavy atom. The van der Waals surface area contributed by atoms with Crippen LogP contribution in [0.4, 0.5) is 0 Å². The van der Waals surface area contributed by atoms with Gasteiger partial charge in [-0.05, 0) is 41.5 Å². The van der Waals surface area contributed by atoms with E-state index in [1.54, 1.807) is 24.3 Å². The largest absolute Gasteiger partial charge is 0.467 e. The van der Waals surface area contributed by atoms with Gasteiger partial charge in [-0.15, -0.1) is 5.10 Å². The maximum Gasteiger partial charge on any atom is 0.331 e. The first kappa shape index (κ1) is 16.1. The Kier molecular flexibility index (Phi) is 4.54. The van der Waals surface area contributed by atoms with Gasteiger partial charge in [-0.1, -0.05) is 25.3 Å². The van der Waals surface area contributed by atoms with Crippen LogP contribution in [0.2, 0.25) is 0 Å². The fourth-order valence-electron chi connectivity index (χ4n) is 3.09. The number of methoxy groups -OCH3 is 1. The van der Waals surface area contributed by atoms with Crippen LogP contribution in [0.3, 0.4) is 0 Å². The standard InChI is InChI=1S/C16H19N5O3/c1-24-15(23)16(8-3-2-4-9-16)18-14(22)12-6-5-7-13(10-12)21-11-17-19-20-21/h5-7,10-11H,2-4,8-9H2,1H3,(H,18,22). The molecule has 0 atom stereocenters. The highest BCUT2D eigenvalue weighted by Crippen LogP contribution is 2.29. The van der Waals surface area contributed by atoms with Gasteiger partial charge in [0.15, 0.2) is 0 Å². The molecule has 24 heavy (non-hydrogen) atoms. The van der Waals surface area contributed by atoms with Gasteiger partial charge in [0.25, 0.3) is 5.91 Å². The van der Waals surface area contributed by atoms with E-state index < -0.39 is 5.54 Å². The van der Waals surface area contributed by atoms with E-state index in [0.717, 1.165) is 19.3 Å². The zero-order chi connectivity index (χ0) is 17.0. The lowest BCUT2D eigenvalue weighted by Gasteiger charge is -2.35. The van der Waals surface area contributed by atoms with E-state index in [1.807, 2.05) is 0 Å². The highest BCUT2D eigenvalue weighted by molar-refractivity contribution is 5.98. The Labute approximate surface area is 139 Å². The predicted octanol–water partition coefficient (Wildman–Crippen LogP) is 1.27. The van der Waals surface area contributed by atoms with Crippen molar-refractivity contribution in [3.05, 3.63) is 36.2 Å². The molecule has 1 amide bonds. The van der Waals surface area contributed by atoms with Crippen LogP contribution in [-0.2, 0) is 9.53 Å². The summed E-state index contributed by atoms with van der Waals surface area (Å²) in [7, 11) is 1.35. The van der Waals surface area contributed by atoms with Crippen LogP contribution in [0.25, 0.3) is 5.69 Å². The monoisotopic (exact) mass is 329 g/mol. The van der Waals surface area contributed by atoms with Crippen LogP contribution in [0.15, 0.2) is 30.6 Å². The van der Waals surface area contributed by atoms with E-state index in [4.69, 9.17) is 4.74 Å². The van der Waals surface area contributed by atoms with Gasteiger partial charge in [0.05, 0.1) is 12.8 Å². The van der Waals surface area contributed by atoms with Crippen LogP contribution in [-0.4, -0.2) is 44.7 Å². The summed E-state index contributed by atoms with van der Waals surface area (Å²) in [5.41, 5.74) is 0.176. The molecule has 1 heterocycles. The number of ether oxygens (including phenoxy) is 1. The van der Waals surface area contributed by atoms with Crippen molar-refractivity contribution in [3.8, 4) is 5.69 Å². The second-order valence-electron chi connectivity index (χ2n) is 5.89. The van der Waals surface area contributed by atoms with Crippen LogP contribution >= 0.6 is 0 Å². The number of aromatic nitrogens is 4. The molecule has 1 N–H and O–H groups in total. The molecule has 2 aromatic rings. The van der Waals surface area contributed by atoms with Crippen molar-refractivity contribution in [2.45, 2.75) is 37.6 Å². The SMILES string of the molecule is COC(=O)C1(NC(=O)c2cccc(-n3cnnn3)c2)CCCCC1. The van der Waals surface area contributed by atoms with E-state index >= 15 is 0 Å². The minimum absolute atomic E-state index is 0.308. The summed E-state index contributed by atoms with van der Waals surface area (Å²) in [4.78, 5) is 24.9. The van der Waals surface area contributed by atoms with E-state index in [9.17, 15) is 9.59 Å². The number of esters is 1. The van der Waals surface area contributed by atoms with E-state index in [2.05, 4.69) is 20.8 Å². The lowest BCUT2D eigenvalue weighted by atomic mass is 9.81. The van der Waals surface area contributed by atoms with Gasteiger partial charge in [0.1, 0.15) is 11.9 Å². The Hall–Kier alpha value is -2.77. The molecule has 1 aliphatic rings. The van der Waals surface area contributed by atoms with Crippen molar-refractivity contribution in [3.63, 3.8) is 0 Å². The van der Waals surface area contributed by atoms with Crippen molar-refractivity contribution in [1.82, 2.24) is 25.5 Å². The summed E-state index contributed by atoms with van der Waals surface area (Å²) in [5, 5.41) is 13.9. The zero-order valence-corrected chi connectivity index (χ0v) is 13.4. The Balaban J connectivity index is 1.83. The van der Waals surface area contributed by atoms with Crippen molar-refractivity contribution >= 4 is 11.9 Å². The molecule has 1 aromatic carbocycles. The Bertz CT molecular complexity index is 723. The Morgan fingerprint density at radius 1 is 1.25 bits per heavy atom. The number of tetrazole rings is 1. The number of carbonyl (C=O) groups is 2. The molecule has 8 nitrogen and oxygen atoms in total. The first-order valence-corrected chi connectivity index (χ1v) is 7.89. The van der Waals surface area contributed by atoms with Gasteiger partial charge < -0.3 is 10.1 Å². The lowest BCUT2D eigenvalue weighted by Crippen LogP contribution is -2.56. The van der Waals surface area contributed by atoms with Crippen molar-refractivity contribution in [1.29, 1.82) is 0 Å². The summed E-state index contributed by atoms with van der Waals surface area (Å²) in [6, 6.07) is 6.91. The molecule has 0 radical (unpaired) electrons. The fourth-order valence-corrected chi connectivity index (χ4v) is 3.09. The molecular weight excluding hydrogens is 310 g/mol. The van der Waals surface area contributed by atoms with Gasteiger partial charge in [-0.25, -0.2) is 9.48 Å². The normalized spacial score (nSPS) is 16.4. The molecule has 0 unspecified atom stereocenters. The van der Waals surface area contributed by atoms with Gasteiger partial charge >= 0.3 is 5.97 Å². The quantitative estimate of drug-likeness (QED) is 0.848. The van der Waals surface area contributed by atoms with Crippen LogP contribution in [0, 0.1) is 0 Å². The lowest BCUT2D eigenvalue weighted by molar-refractivity contribution is -0.149. The molecule has 1 saturated carbocycles. The highest BCUT2D eigenvalue weighted by Gasteiger charge is 2.42. The first-order chi connectivity index (χ1) is 11.6. The van der Waals surface area contributed by atoms with Gasteiger partial charge in [0, 0.05) is 5.56 Å². The molecule has 8 heteroatoms. The molecule has 1 aromatic heterocycles. The van der Waals surface area contributed by atoms with Gasteiger partial charge in [-0.2, -0.15) is 0 Å². The number of carbonyl (C=O) groups excluding carboxylic acids is 2. The first-order valence-electron chi connectivity index (χ1n) is 7.89. The number of rotatable bonds is 4. The van der Waals surface area contributed by atoms with E-state index in [-0.39, 0.29) is 11.9 Å². The van der Waals surface area contributed by atoms with Crippen molar-refractivity contribution < 1.29 is 14.3 Å². The van der Waals surface area contributed by atoms with E-state index in [1.165, 1.54) is 18.1 Å². The molecule has 0 saturated heterocycles. The summed E-state index contributed by atoms with van der Waals surface area (Å²) < 4.78 is 6.39. The third-order valence-corrected chi connectivity index (χ3v) is 4.36. The van der Waals surface area contributed by atoms with Gasteiger partial charge in [0.2, 0.25) is 0 Å². The summed E-state index contributed by atoms with van der Waals surface area (Å²) in [6.07, 6.45) is 5.48. The van der Waals surface area contributed by atoms with Crippen molar-refractivity contribution in [2.75, 3.05) is 7.11 Å². The Morgan fingerprint density at radius 3 is 2.71 bits per heavy atom. The molecule has 3 rings (SSSR count). The maximum absolute atomic E-state index is 12.7. The average molecular weight is 329 g/mol. The number of nitrogens with zero attached hydrogens (tertiary/aromatic N) is 4. The van der Waals surface area contributed by atoms with E-state index in [0.29, 0.717) is 24.1 Å². The second kappa shape index (κ2) is 6.77. The minimum atomic E-state index is -0.936. The summed E-state index contributed by atoms with van der Waals surface area (Å²) in [5.74, 6) is -0.690. The van der Waals surface area contributed by atoms with Crippen LogP contribution in [0.5, 0.6) is 0 Å². The average Bonchev–Trinajstić information content (AvgIpc) is 3.16. The third kappa shape index (κ3) is 3.12. The number of hydrogen-bond acceptors (Lipinski definition) is 6. The summed E-state index contributed by atoms with van der Waals surface area (Å²) >= 11 is 0. The molecule has 1 aliphatic carbocycles. The third-order valence-electron chi connectivity index (χ3n) is 4.36. The number of nitrogens with one attached hydrogen (secondary N) is 1. The smallest absolute Gasteiger partial charge is 0.331 e. The molecule has 126 valence electrons. The summed E-state index contributed by atoms with van der Waals surface area (Å²) in [6.45, 7) is 0. The minimum Gasteiger partial charge on any atom is -0.467 e. The molecule has 0 bridgehead atoms. The van der Waals surface area contributed by atoms with Crippen LogP contribution < -0.4 is 5.32 Å². The molecule has 0 aliphatic heterocycles. The maximum atomic E-state index is 12.7. The molecular formula is C16H19N5O3. The topological polar surface area (TPSA) is 99.0 Å². The number of benzene rings is 1. The zero-order valence-electron chi connectivity index (χ0n) is 13.4. The second-order valence-corrected chi connectivity index (χ2v) is 5.89. The molecule has 0 spiro atoms. The number of hydrogen-bond donors (Lipinski definition) is 1.